The van der Waals surface area contributed by atoms with Crippen LogP contribution in [-0.4, -0.2) is 14.7 Å². The first-order valence-electron chi connectivity index (χ1n) is 2.72. The second-order valence-electron chi connectivity index (χ2n) is 1.78. The highest BCUT2D eigenvalue weighted by Gasteiger charge is 1.88. The lowest BCUT2D eigenvalue weighted by Gasteiger charge is -1.79. The van der Waals surface area contributed by atoms with E-state index in [1.807, 2.05) is 0 Å². The minimum absolute atomic E-state index is 1.13. The van der Waals surface area contributed by atoms with Crippen molar-refractivity contribution in [3.8, 4) is 0 Å². The van der Waals surface area contributed by atoms with Gasteiger partial charge >= 0.3 is 0 Å². The van der Waals surface area contributed by atoms with E-state index in [1.54, 1.807) is 18.2 Å². The van der Waals surface area contributed by atoms with Crippen molar-refractivity contribution in [3.63, 3.8) is 0 Å². The Balaban J connectivity index is 4.03. The van der Waals surface area contributed by atoms with Gasteiger partial charge < -0.3 is 0 Å². The first kappa shape index (κ1) is 9.17. The zero-order chi connectivity index (χ0) is 8.04. The van der Waals surface area contributed by atoms with Gasteiger partial charge in [-0.15, -0.1) is 0 Å². The van der Waals surface area contributed by atoms with E-state index in [2.05, 4.69) is 6.58 Å². The summed E-state index contributed by atoms with van der Waals surface area (Å²) in [5.41, 5.74) is 0. The first-order valence-corrected chi connectivity index (χ1v) is 4.67. The zero-order valence-electron chi connectivity index (χ0n) is 5.82. The Labute approximate surface area is 61.5 Å². The summed E-state index contributed by atoms with van der Waals surface area (Å²) in [5.74, 6) is 0. The van der Waals surface area contributed by atoms with E-state index in [1.165, 1.54) is 6.08 Å². The predicted molar refractivity (Wildman–Crippen MR) is 43.3 cm³/mol. The quantitative estimate of drug-likeness (QED) is 0.580. The van der Waals surface area contributed by atoms with Crippen LogP contribution in [0.4, 0.5) is 0 Å². The van der Waals surface area contributed by atoms with Crippen LogP contribution in [0.5, 0.6) is 0 Å². The maximum atomic E-state index is 10.4. The standard InChI is InChI=1S/C7H10O2S/c1-3-4-5-6-7-10(2,8)9/h3-7H,1H2,2H3. The Bertz CT molecular complexity index is 245. The smallest absolute Gasteiger partial charge is 0.168 e. The van der Waals surface area contributed by atoms with E-state index in [9.17, 15) is 8.42 Å². The summed E-state index contributed by atoms with van der Waals surface area (Å²) >= 11 is 0. The van der Waals surface area contributed by atoms with Gasteiger partial charge in [-0.05, 0) is 0 Å². The fourth-order valence-electron chi connectivity index (χ4n) is 0.331. The Morgan fingerprint density at radius 1 is 1.20 bits per heavy atom. The molecule has 0 aliphatic heterocycles. The van der Waals surface area contributed by atoms with Crippen molar-refractivity contribution in [2.45, 2.75) is 0 Å². The largest absolute Gasteiger partial charge is 0.225 e. The van der Waals surface area contributed by atoms with Gasteiger partial charge in [-0.3, -0.25) is 0 Å². The third-order valence-electron chi connectivity index (χ3n) is 0.684. The molecule has 0 aromatic rings. The highest BCUT2D eigenvalue weighted by Crippen LogP contribution is 1.85. The molecule has 0 aromatic carbocycles. The fraction of sp³-hybridized carbons (Fsp3) is 0.143. The van der Waals surface area contributed by atoms with Crippen LogP contribution in [-0.2, 0) is 9.84 Å². The fourth-order valence-corrected chi connectivity index (χ4v) is 0.707. The molecule has 56 valence electrons. The summed E-state index contributed by atoms with van der Waals surface area (Å²) in [7, 11) is -2.97. The summed E-state index contributed by atoms with van der Waals surface area (Å²) in [6.45, 7) is 3.42. The third kappa shape index (κ3) is 7.17. The van der Waals surface area contributed by atoms with Crippen molar-refractivity contribution in [3.05, 3.63) is 36.3 Å². The van der Waals surface area contributed by atoms with Gasteiger partial charge in [-0.25, -0.2) is 8.42 Å². The first-order chi connectivity index (χ1) is 4.56. The third-order valence-corrected chi connectivity index (χ3v) is 1.34. The number of hydrogen-bond donors (Lipinski definition) is 0. The Kier molecular flexibility index (Phi) is 3.72. The minimum atomic E-state index is -2.97. The molecular weight excluding hydrogens is 148 g/mol. The van der Waals surface area contributed by atoms with Crippen LogP contribution in [0.25, 0.3) is 0 Å². The molecule has 0 aliphatic rings. The minimum Gasteiger partial charge on any atom is -0.225 e. The monoisotopic (exact) mass is 158 g/mol. The predicted octanol–water partition coefficient (Wildman–Crippen LogP) is 1.29. The molecule has 0 rings (SSSR count). The molecule has 0 bridgehead atoms. The van der Waals surface area contributed by atoms with Gasteiger partial charge in [0.2, 0.25) is 0 Å². The van der Waals surface area contributed by atoms with Crippen molar-refractivity contribution < 1.29 is 8.42 Å². The molecule has 0 unspecified atom stereocenters. The number of hydrogen-bond acceptors (Lipinski definition) is 2. The number of rotatable bonds is 3. The van der Waals surface area contributed by atoms with Crippen molar-refractivity contribution in [2.24, 2.45) is 0 Å². The lowest BCUT2D eigenvalue weighted by Crippen LogP contribution is -1.86. The van der Waals surface area contributed by atoms with Crippen LogP contribution in [0.15, 0.2) is 36.3 Å². The van der Waals surface area contributed by atoms with Crippen LogP contribution in [0.3, 0.4) is 0 Å². The van der Waals surface area contributed by atoms with Gasteiger partial charge in [0.1, 0.15) is 0 Å². The summed E-state index contributed by atoms with van der Waals surface area (Å²) in [4.78, 5) is 0. The molecule has 0 fully saturated rings. The van der Waals surface area contributed by atoms with Crippen molar-refractivity contribution in [1.29, 1.82) is 0 Å². The molecule has 0 aromatic heterocycles. The summed E-state index contributed by atoms with van der Waals surface area (Å²) in [6.07, 6.45) is 7.44. The highest BCUT2D eigenvalue weighted by molar-refractivity contribution is 7.93. The molecule has 0 heterocycles. The topological polar surface area (TPSA) is 34.1 Å². The normalized spacial score (nSPS) is 12.9. The lowest BCUT2D eigenvalue weighted by atomic mass is 10.5. The highest BCUT2D eigenvalue weighted by atomic mass is 32.2. The maximum absolute atomic E-state index is 10.4. The van der Waals surface area contributed by atoms with Gasteiger partial charge in [-0.2, -0.15) is 0 Å². The lowest BCUT2D eigenvalue weighted by molar-refractivity contribution is 0.610. The van der Waals surface area contributed by atoms with Crippen LogP contribution in [0, 0.1) is 0 Å². The molecule has 0 spiro atoms. The molecule has 0 saturated heterocycles. The molecule has 10 heavy (non-hydrogen) atoms. The molecule has 2 nitrogen and oxygen atoms in total. The molecular formula is C7H10O2S. The van der Waals surface area contributed by atoms with Crippen LogP contribution >= 0.6 is 0 Å². The van der Waals surface area contributed by atoms with Gasteiger partial charge in [0, 0.05) is 11.7 Å². The molecule has 0 atom stereocenters. The van der Waals surface area contributed by atoms with Gasteiger partial charge in [0.15, 0.2) is 9.84 Å². The molecule has 0 saturated carbocycles. The van der Waals surface area contributed by atoms with E-state index < -0.39 is 9.84 Å². The van der Waals surface area contributed by atoms with E-state index in [-0.39, 0.29) is 0 Å². The van der Waals surface area contributed by atoms with E-state index >= 15 is 0 Å². The average molecular weight is 158 g/mol. The van der Waals surface area contributed by atoms with E-state index in [0.717, 1.165) is 11.7 Å². The average Bonchev–Trinajstić information content (AvgIpc) is 1.78. The second-order valence-corrected chi connectivity index (χ2v) is 3.71. The molecule has 0 aliphatic carbocycles. The molecule has 3 heteroatoms. The van der Waals surface area contributed by atoms with Gasteiger partial charge in [0.05, 0.1) is 0 Å². The number of sulfone groups is 1. The van der Waals surface area contributed by atoms with E-state index in [4.69, 9.17) is 0 Å². The Hall–Kier alpha value is -0.830. The van der Waals surface area contributed by atoms with Crippen molar-refractivity contribution in [2.75, 3.05) is 6.26 Å². The van der Waals surface area contributed by atoms with Crippen molar-refractivity contribution in [1.82, 2.24) is 0 Å². The summed E-state index contributed by atoms with van der Waals surface area (Å²) in [5, 5.41) is 1.13. The van der Waals surface area contributed by atoms with E-state index in [0.29, 0.717) is 0 Å². The number of allylic oxidation sites excluding steroid dienone is 4. The van der Waals surface area contributed by atoms with Crippen LogP contribution in [0.1, 0.15) is 0 Å². The zero-order valence-corrected chi connectivity index (χ0v) is 6.64. The van der Waals surface area contributed by atoms with Gasteiger partial charge in [-0.1, -0.05) is 30.9 Å². The van der Waals surface area contributed by atoms with Gasteiger partial charge in [0.25, 0.3) is 0 Å². The summed E-state index contributed by atoms with van der Waals surface area (Å²) in [6, 6.07) is 0. The van der Waals surface area contributed by atoms with Crippen LogP contribution in [0.2, 0.25) is 0 Å². The van der Waals surface area contributed by atoms with Crippen molar-refractivity contribution >= 4 is 9.84 Å². The van der Waals surface area contributed by atoms with Crippen LogP contribution < -0.4 is 0 Å². The second kappa shape index (κ2) is 4.06. The molecule has 0 radical (unpaired) electrons. The Morgan fingerprint density at radius 3 is 2.20 bits per heavy atom. The maximum Gasteiger partial charge on any atom is 0.168 e. The summed E-state index contributed by atoms with van der Waals surface area (Å²) < 4.78 is 20.9. The SMILES string of the molecule is C=CC=CC=CS(C)(=O)=O. The molecule has 0 amide bonds. The molecule has 0 N–H and O–H groups in total. The Morgan fingerprint density at radius 2 is 1.80 bits per heavy atom.